The van der Waals surface area contributed by atoms with Crippen molar-refractivity contribution in [1.82, 2.24) is 0 Å². The van der Waals surface area contributed by atoms with Gasteiger partial charge in [-0.1, -0.05) is 24.6 Å². The molecule has 0 bridgehead atoms. The van der Waals surface area contributed by atoms with Gasteiger partial charge >= 0.3 is 0 Å². The minimum atomic E-state index is 0.158. The van der Waals surface area contributed by atoms with E-state index in [2.05, 4.69) is 6.92 Å². The highest BCUT2D eigenvalue weighted by Crippen LogP contribution is 2.11. The van der Waals surface area contributed by atoms with Gasteiger partial charge in [-0.2, -0.15) is 0 Å². The molecule has 0 aliphatic carbocycles. The van der Waals surface area contributed by atoms with Gasteiger partial charge in [0.15, 0.2) is 5.78 Å². The second-order valence-electron chi connectivity index (χ2n) is 4.31. The summed E-state index contributed by atoms with van der Waals surface area (Å²) in [6.45, 7) is 5.46. The fraction of sp³-hybridized carbons (Fsp3) is 0.533. The van der Waals surface area contributed by atoms with E-state index < -0.39 is 0 Å². The molecule has 1 aromatic carbocycles. The number of Topliss-reactive ketones (excluding diaryl/α,β-unsaturated/α-hetero) is 1. The Morgan fingerprint density at radius 3 is 2.44 bits per heavy atom. The third-order valence-electron chi connectivity index (χ3n) is 2.63. The summed E-state index contributed by atoms with van der Waals surface area (Å²) in [7, 11) is 0. The van der Waals surface area contributed by atoms with E-state index in [9.17, 15) is 4.79 Å². The first-order chi connectivity index (χ1) is 8.72. The molecule has 0 atom stereocenters. The van der Waals surface area contributed by atoms with E-state index >= 15 is 0 Å². The minimum Gasteiger partial charge on any atom is -0.494 e. The maximum absolute atomic E-state index is 11.0. The lowest BCUT2D eigenvalue weighted by atomic mass is 10.2. The fourth-order valence-electron chi connectivity index (χ4n) is 1.42. The predicted molar refractivity (Wildman–Crippen MR) is 72.0 cm³/mol. The van der Waals surface area contributed by atoms with Gasteiger partial charge in [0.1, 0.15) is 12.4 Å². The average Bonchev–Trinajstić information content (AvgIpc) is 2.39. The molecule has 0 amide bonds. The Balaban J connectivity index is 1.99. The molecule has 3 nitrogen and oxygen atoms in total. The number of hydrogen-bond acceptors (Lipinski definition) is 3. The highest BCUT2D eigenvalue weighted by atomic mass is 16.5. The Bertz CT molecular complexity index is 343. The molecule has 0 saturated heterocycles. The van der Waals surface area contributed by atoms with Crippen LogP contribution < -0.4 is 4.74 Å². The monoisotopic (exact) mass is 250 g/mol. The van der Waals surface area contributed by atoms with Crippen LogP contribution in [0.2, 0.25) is 0 Å². The van der Waals surface area contributed by atoms with E-state index in [1.54, 1.807) is 0 Å². The van der Waals surface area contributed by atoms with E-state index in [4.69, 9.17) is 9.47 Å². The van der Waals surface area contributed by atoms with Crippen molar-refractivity contribution in [2.75, 3.05) is 19.8 Å². The van der Waals surface area contributed by atoms with Gasteiger partial charge in [-0.05, 0) is 31.9 Å². The Kier molecular flexibility index (Phi) is 7.11. The van der Waals surface area contributed by atoms with Crippen LogP contribution in [0.3, 0.4) is 0 Å². The molecule has 3 heteroatoms. The zero-order valence-corrected chi connectivity index (χ0v) is 11.3. The summed E-state index contributed by atoms with van der Waals surface area (Å²) >= 11 is 0. The smallest absolute Gasteiger partial charge is 0.158 e. The second kappa shape index (κ2) is 8.70. The van der Waals surface area contributed by atoms with Crippen LogP contribution in [0.1, 0.15) is 31.7 Å². The molecule has 18 heavy (non-hydrogen) atoms. The Hall–Kier alpha value is -1.35. The minimum absolute atomic E-state index is 0.158. The Morgan fingerprint density at radius 2 is 1.78 bits per heavy atom. The van der Waals surface area contributed by atoms with Gasteiger partial charge in [0.2, 0.25) is 0 Å². The van der Waals surface area contributed by atoms with Crippen LogP contribution in [-0.2, 0) is 9.53 Å². The van der Waals surface area contributed by atoms with Crippen molar-refractivity contribution >= 4 is 5.78 Å². The van der Waals surface area contributed by atoms with Crippen molar-refractivity contribution in [3.63, 3.8) is 0 Å². The first-order valence-electron chi connectivity index (χ1n) is 6.51. The third kappa shape index (κ3) is 6.40. The summed E-state index contributed by atoms with van der Waals surface area (Å²) in [5, 5.41) is 0. The summed E-state index contributed by atoms with van der Waals surface area (Å²) in [4.78, 5) is 11.0. The van der Waals surface area contributed by atoms with Crippen molar-refractivity contribution in [2.24, 2.45) is 0 Å². The molecule has 0 N–H and O–H groups in total. The van der Waals surface area contributed by atoms with E-state index in [1.807, 2.05) is 31.2 Å². The molecule has 0 radical (unpaired) electrons. The van der Waals surface area contributed by atoms with E-state index in [0.29, 0.717) is 19.6 Å². The van der Waals surface area contributed by atoms with Crippen LogP contribution in [0.25, 0.3) is 0 Å². The molecule has 100 valence electrons. The van der Waals surface area contributed by atoms with E-state index in [1.165, 1.54) is 5.56 Å². The number of ether oxygens (including phenoxy) is 2. The first kappa shape index (κ1) is 14.7. The maximum Gasteiger partial charge on any atom is 0.158 e. The van der Waals surface area contributed by atoms with Gasteiger partial charge in [-0.15, -0.1) is 0 Å². The van der Waals surface area contributed by atoms with Crippen LogP contribution in [0.5, 0.6) is 5.75 Å². The Labute approximate surface area is 109 Å². The molecule has 1 rings (SSSR count). The quantitative estimate of drug-likeness (QED) is 0.632. The largest absolute Gasteiger partial charge is 0.494 e. The van der Waals surface area contributed by atoms with Crippen molar-refractivity contribution in [2.45, 2.75) is 33.1 Å². The van der Waals surface area contributed by atoms with Gasteiger partial charge in [-0.3, -0.25) is 4.79 Å². The lowest BCUT2D eigenvalue weighted by Crippen LogP contribution is -2.08. The van der Waals surface area contributed by atoms with E-state index in [-0.39, 0.29) is 12.4 Å². The molecule has 1 aromatic rings. The van der Waals surface area contributed by atoms with Crippen LogP contribution >= 0.6 is 0 Å². The van der Waals surface area contributed by atoms with Gasteiger partial charge in [-0.25, -0.2) is 0 Å². The van der Waals surface area contributed by atoms with Crippen molar-refractivity contribution < 1.29 is 14.3 Å². The summed E-state index contributed by atoms with van der Waals surface area (Å²) in [5.41, 5.74) is 1.23. The number of ketones is 1. The average molecular weight is 250 g/mol. The normalized spacial score (nSPS) is 10.3. The van der Waals surface area contributed by atoms with Gasteiger partial charge in [0.25, 0.3) is 0 Å². The summed E-state index contributed by atoms with van der Waals surface area (Å²) in [6.07, 6.45) is 2.41. The van der Waals surface area contributed by atoms with Crippen LogP contribution in [-0.4, -0.2) is 25.6 Å². The van der Waals surface area contributed by atoms with Crippen LogP contribution in [0.15, 0.2) is 24.3 Å². The number of benzene rings is 1. The summed E-state index contributed by atoms with van der Waals surface area (Å²) in [5.74, 6) is 1.06. The molecule has 0 unspecified atom stereocenters. The van der Waals surface area contributed by atoms with Crippen molar-refractivity contribution in [3.05, 3.63) is 29.8 Å². The van der Waals surface area contributed by atoms with E-state index in [0.717, 1.165) is 18.6 Å². The lowest BCUT2D eigenvalue weighted by Gasteiger charge is -2.06. The summed E-state index contributed by atoms with van der Waals surface area (Å²) in [6, 6.07) is 8.03. The molecule has 0 aliphatic rings. The SMILES string of the molecule is CCC(=O)COCCCCOc1ccc(C)cc1. The van der Waals surface area contributed by atoms with Gasteiger partial charge < -0.3 is 9.47 Å². The topological polar surface area (TPSA) is 35.5 Å². The zero-order chi connectivity index (χ0) is 13.2. The molecule has 0 fully saturated rings. The molecular formula is C15H22O3. The second-order valence-corrected chi connectivity index (χ2v) is 4.31. The molecular weight excluding hydrogens is 228 g/mol. The predicted octanol–water partition coefficient (Wildman–Crippen LogP) is 3.15. The molecule has 0 heterocycles. The van der Waals surface area contributed by atoms with Crippen LogP contribution in [0, 0.1) is 6.92 Å². The standard InChI is InChI=1S/C15H22O3/c1-3-14(16)12-17-10-4-5-11-18-15-8-6-13(2)7-9-15/h6-9H,3-5,10-12H2,1-2H3. The number of unbranched alkanes of at least 4 members (excludes halogenated alkanes) is 1. The molecule has 0 saturated carbocycles. The molecule has 0 spiro atoms. The lowest BCUT2D eigenvalue weighted by molar-refractivity contribution is -0.123. The number of aryl methyl sites for hydroxylation is 1. The number of hydrogen-bond donors (Lipinski definition) is 0. The number of carbonyl (C=O) groups is 1. The maximum atomic E-state index is 11.0. The zero-order valence-electron chi connectivity index (χ0n) is 11.3. The fourth-order valence-corrected chi connectivity index (χ4v) is 1.42. The number of rotatable bonds is 9. The number of carbonyl (C=O) groups excluding carboxylic acids is 1. The Morgan fingerprint density at radius 1 is 1.11 bits per heavy atom. The molecule has 0 aromatic heterocycles. The van der Waals surface area contributed by atoms with Gasteiger partial charge in [0.05, 0.1) is 6.61 Å². The third-order valence-corrected chi connectivity index (χ3v) is 2.63. The van der Waals surface area contributed by atoms with Crippen LogP contribution in [0.4, 0.5) is 0 Å². The van der Waals surface area contributed by atoms with Crippen molar-refractivity contribution in [3.8, 4) is 5.75 Å². The van der Waals surface area contributed by atoms with Crippen molar-refractivity contribution in [1.29, 1.82) is 0 Å². The first-order valence-corrected chi connectivity index (χ1v) is 6.51. The van der Waals surface area contributed by atoms with Gasteiger partial charge in [0, 0.05) is 13.0 Å². The molecule has 0 aliphatic heterocycles. The highest BCUT2D eigenvalue weighted by Gasteiger charge is 1.98. The summed E-state index contributed by atoms with van der Waals surface area (Å²) < 4.78 is 10.8. The highest BCUT2D eigenvalue weighted by molar-refractivity contribution is 5.79.